The third-order valence-electron chi connectivity index (χ3n) is 2.85. The van der Waals surface area contributed by atoms with Crippen LogP contribution in [0.2, 0.25) is 5.02 Å². The SMILES string of the molecule is CN(C)c1ccc(/C=C/c2c(F)cccc2Cl)cc1. The highest BCUT2D eigenvalue weighted by atomic mass is 35.5. The number of rotatable bonds is 3. The summed E-state index contributed by atoms with van der Waals surface area (Å²) in [5.74, 6) is -0.311. The topological polar surface area (TPSA) is 3.24 Å². The van der Waals surface area contributed by atoms with Crippen LogP contribution < -0.4 is 4.90 Å². The molecule has 0 aliphatic carbocycles. The van der Waals surface area contributed by atoms with Crippen LogP contribution in [0.3, 0.4) is 0 Å². The lowest BCUT2D eigenvalue weighted by Crippen LogP contribution is -2.07. The van der Waals surface area contributed by atoms with Gasteiger partial charge in [-0.25, -0.2) is 4.39 Å². The summed E-state index contributed by atoms with van der Waals surface area (Å²) in [6.07, 6.45) is 3.55. The molecule has 0 radical (unpaired) electrons. The number of hydrogen-bond acceptors (Lipinski definition) is 1. The number of anilines is 1. The van der Waals surface area contributed by atoms with Crippen LogP contribution in [0, 0.1) is 5.82 Å². The average Bonchev–Trinajstić information content (AvgIpc) is 2.38. The van der Waals surface area contributed by atoms with Gasteiger partial charge in [-0.05, 0) is 35.9 Å². The maximum Gasteiger partial charge on any atom is 0.131 e. The molecule has 2 rings (SSSR count). The van der Waals surface area contributed by atoms with Crippen LogP contribution in [0.1, 0.15) is 11.1 Å². The number of hydrogen-bond donors (Lipinski definition) is 0. The molecule has 0 aliphatic heterocycles. The number of halogens is 2. The molecule has 0 bridgehead atoms. The van der Waals surface area contributed by atoms with Gasteiger partial charge in [-0.3, -0.25) is 0 Å². The highest BCUT2D eigenvalue weighted by Crippen LogP contribution is 2.22. The Morgan fingerprint density at radius 3 is 2.26 bits per heavy atom. The average molecular weight is 276 g/mol. The predicted octanol–water partition coefficient (Wildman–Crippen LogP) is 4.72. The van der Waals surface area contributed by atoms with E-state index in [9.17, 15) is 4.39 Å². The van der Waals surface area contributed by atoms with Crippen molar-refractivity contribution in [2.75, 3.05) is 19.0 Å². The third kappa shape index (κ3) is 3.36. The second-order valence-electron chi connectivity index (χ2n) is 4.45. The van der Waals surface area contributed by atoms with E-state index in [2.05, 4.69) is 0 Å². The number of benzene rings is 2. The Labute approximate surface area is 117 Å². The summed E-state index contributed by atoms with van der Waals surface area (Å²) >= 11 is 5.96. The normalized spacial score (nSPS) is 10.9. The van der Waals surface area contributed by atoms with E-state index in [1.54, 1.807) is 18.2 Å². The van der Waals surface area contributed by atoms with Crippen molar-refractivity contribution in [3.63, 3.8) is 0 Å². The molecule has 0 amide bonds. The Bertz CT molecular complexity index is 568. The lowest BCUT2D eigenvalue weighted by atomic mass is 10.1. The van der Waals surface area contributed by atoms with E-state index in [0.29, 0.717) is 10.6 Å². The summed E-state index contributed by atoms with van der Waals surface area (Å²) in [5, 5.41) is 0.418. The largest absolute Gasteiger partial charge is 0.378 e. The molecule has 0 spiro atoms. The zero-order chi connectivity index (χ0) is 13.8. The first-order valence-electron chi connectivity index (χ1n) is 5.97. The van der Waals surface area contributed by atoms with Gasteiger partial charge in [-0.15, -0.1) is 0 Å². The van der Waals surface area contributed by atoms with E-state index in [-0.39, 0.29) is 5.82 Å². The molecule has 0 aromatic heterocycles. The van der Waals surface area contributed by atoms with Gasteiger partial charge in [0.2, 0.25) is 0 Å². The Kier molecular flexibility index (Phi) is 4.23. The summed E-state index contributed by atoms with van der Waals surface area (Å²) in [7, 11) is 3.98. The zero-order valence-corrected chi connectivity index (χ0v) is 11.7. The van der Waals surface area contributed by atoms with Crippen LogP contribution in [0.5, 0.6) is 0 Å². The van der Waals surface area contributed by atoms with E-state index >= 15 is 0 Å². The Balaban J connectivity index is 2.23. The van der Waals surface area contributed by atoms with Crippen LogP contribution >= 0.6 is 11.6 Å². The van der Waals surface area contributed by atoms with Gasteiger partial charge < -0.3 is 4.90 Å². The summed E-state index contributed by atoms with van der Waals surface area (Å²) in [5.41, 5.74) is 2.55. The van der Waals surface area contributed by atoms with Crippen LogP contribution in [-0.4, -0.2) is 14.1 Å². The van der Waals surface area contributed by atoms with E-state index < -0.39 is 0 Å². The minimum Gasteiger partial charge on any atom is -0.378 e. The van der Waals surface area contributed by atoms with Crippen LogP contribution in [-0.2, 0) is 0 Å². The van der Waals surface area contributed by atoms with Gasteiger partial charge in [-0.1, -0.05) is 35.9 Å². The summed E-state index contributed by atoms with van der Waals surface area (Å²) in [6, 6.07) is 12.7. The number of nitrogens with zero attached hydrogens (tertiary/aromatic N) is 1. The van der Waals surface area contributed by atoms with E-state index in [0.717, 1.165) is 11.3 Å². The molecular weight excluding hydrogens is 261 g/mol. The van der Waals surface area contributed by atoms with Crippen LogP contribution in [0.25, 0.3) is 12.2 Å². The summed E-state index contributed by atoms with van der Waals surface area (Å²) < 4.78 is 13.6. The lowest BCUT2D eigenvalue weighted by Gasteiger charge is -2.11. The Morgan fingerprint density at radius 2 is 1.68 bits per heavy atom. The van der Waals surface area contributed by atoms with Crippen LogP contribution in [0.4, 0.5) is 10.1 Å². The molecule has 0 heterocycles. The molecule has 0 saturated carbocycles. The molecule has 19 heavy (non-hydrogen) atoms. The van der Waals surface area contributed by atoms with Crippen molar-refractivity contribution < 1.29 is 4.39 Å². The van der Waals surface area contributed by atoms with Gasteiger partial charge in [0.25, 0.3) is 0 Å². The first-order chi connectivity index (χ1) is 9.08. The maximum absolute atomic E-state index is 13.6. The Hall–Kier alpha value is -1.80. The lowest BCUT2D eigenvalue weighted by molar-refractivity contribution is 0.625. The van der Waals surface area contributed by atoms with Gasteiger partial charge in [-0.2, -0.15) is 0 Å². The van der Waals surface area contributed by atoms with E-state index in [1.165, 1.54) is 6.07 Å². The molecule has 2 aromatic rings. The summed E-state index contributed by atoms with van der Waals surface area (Å²) in [4.78, 5) is 2.03. The molecule has 0 unspecified atom stereocenters. The van der Waals surface area contributed by atoms with Gasteiger partial charge >= 0.3 is 0 Å². The molecule has 0 aliphatic rings. The van der Waals surface area contributed by atoms with Gasteiger partial charge in [0.15, 0.2) is 0 Å². The van der Waals surface area contributed by atoms with Crippen molar-refractivity contribution in [2.24, 2.45) is 0 Å². The maximum atomic E-state index is 13.6. The third-order valence-corrected chi connectivity index (χ3v) is 3.18. The Morgan fingerprint density at radius 1 is 1.00 bits per heavy atom. The van der Waals surface area contributed by atoms with Crippen molar-refractivity contribution in [3.05, 3.63) is 64.4 Å². The molecule has 1 nitrogen and oxygen atoms in total. The van der Waals surface area contributed by atoms with Crippen LogP contribution in [0.15, 0.2) is 42.5 Å². The molecule has 0 atom stereocenters. The standard InChI is InChI=1S/C16H15ClFN/c1-19(2)13-9-6-12(7-10-13)8-11-14-15(17)4-3-5-16(14)18/h3-11H,1-2H3/b11-8+. The fourth-order valence-corrected chi connectivity index (χ4v) is 1.96. The second-order valence-corrected chi connectivity index (χ2v) is 4.86. The van der Waals surface area contributed by atoms with E-state index in [1.807, 2.05) is 49.3 Å². The smallest absolute Gasteiger partial charge is 0.131 e. The molecule has 2 aromatic carbocycles. The quantitative estimate of drug-likeness (QED) is 0.733. The molecule has 0 fully saturated rings. The van der Waals surface area contributed by atoms with Crippen molar-refractivity contribution in [1.29, 1.82) is 0 Å². The fourth-order valence-electron chi connectivity index (χ4n) is 1.73. The van der Waals surface area contributed by atoms with Gasteiger partial charge in [0.1, 0.15) is 5.82 Å². The van der Waals surface area contributed by atoms with Crippen molar-refractivity contribution in [3.8, 4) is 0 Å². The van der Waals surface area contributed by atoms with Crippen molar-refractivity contribution in [2.45, 2.75) is 0 Å². The molecular formula is C16H15ClFN. The monoisotopic (exact) mass is 275 g/mol. The zero-order valence-electron chi connectivity index (χ0n) is 10.9. The molecule has 98 valence electrons. The van der Waals surface area contributed by atoms with Crippen molar-refractivity contribution in [1.82, 2.24) is 0 Å². The fraction of sp³-hybridized carbons (Fsp3) is 0.125. The van der Waals surface area contributed by atoms with Gasteiger partial charge in [0, 0.05) is 25.3 Å². The first-order valence-corrected chi connectivity index (χ1v) is 6.35. The molecule has 0 N–H and O–H groups in total. The minimum absolute atomic E-state index is 0.311. The highest BCUT2D eigenvalue weighted by Gasteiger charge is 2.02. The van der Waals surface area contributed by atoms with Crippen molar-refractivity contribution >= 4 is 29.4 Å². The molecule has 3 heteroatoms. The highest BCUT2D eigenvalue weighted by molar-refractivity contribution is 6.32. The minimum atomic E-state index is -0.311. The predicted molar refractivity (Wildman–Crippen MR) is 81.1 cm³/mol. The van der Waals surface area contributed by atoms with Gasteiger partial charge in [0.05, 0.1) is 5.02 Å². The second kappa shape index (κ2) is 5.89. The molecule has 0 saturated heterocycles. The first kappa shape index (κ1) is 13.6. The summed E-state index contributed by atoms with van der Waals surface area (Å²) in [6.45, 7) is 0. The van der Waals surface area contributed by atoms with E-state index in [4.69, 9.17) is 11.6 Å².